The van der Waals surface area contributed by atoms with Gasteiger partial charge in [-0.15, -0.1) is 0 Å². The molecule has 5 nitrogen and oxygen atoms in total. The van der Waals surface area contributed by atoms with Crippen LogP contribution in [-0.2, 0) is 9.59 Å². The molecule has 0 aromatic rings. The molecule has 4 N–H and O–H groups in total. The van der Waals surface area contributed by atoms with Gasteiger partial charge in [-0.25, -0.2) is 8.78 Å². The maximum absolute atomic E-state index is 10.9. The van der Waals surface area contributed by atoms with E-state index in [2.05, 4.69) is 0 Å². The fourth-order valence-corrected chi connectivity index (χ4v) is 0.255. The third kappa shape index (κ3) is 24.9. The summed E-state index contributed by atoms with van der Waals surface area (Å²) in [6.07, 6.45) is -3.71. The second kappa shape index (κ2) is 8.85. The summed E-state index contributed by atoms with van der Waals surface area (Å²) in [7, 11) is 0. The zero-order valence-corrected chi connectivity index (χ0v) is 6.74. The van der Waals surface area contributed by atoms with Crippen LogP contribution in [-0.4, -0.2) is 35.1 Å². The van der Waals surface area contributed by atoms with Gasteiger partial charge in [0.25, 0.3) is 0 Å². The molecule has 0 aliphatic rings. The average molecular weight is 199 g/mol. The van der Waals surface area contributed by atoms with E-state index in [1.54, 1.807) is 0 Å². The first-order chi connectivity index (χ1) is 5.90. The van der Waals surface area contributed by atoms with Gasteiger partial charge in [-0.3, -0.25) is 9.59 Å². The van der Waals surface area contributed by atoms with E-state index in [1.165, 1.54) is 0 Å². The number of aliphatic carboxylic acids is 2. The fourth-order valence-electron chi connectivity index (χ4n) is 0.255. The summed E-state index contributed by atoms with van der Waals surface area (Å²) in [4.78, 5) is 18.8. The first kappa shape index (κ1) is 14.3. The van der Waals surface area contributed by atoms with Gasteiger partial charge in [0.05, 0.1) is 6.42 Å². The van der Waals surface area contributed by atoms with Gasteiger partial charge in [0.1, 0.15) is 6.42 Å². The molecule has 0 fully saturated rings. The lowest BCUT2D eigenvalue weighted by Crippen LogP contribution is -2.05. The second-order valence-corrected chi connectivity index (χ2v) is 1.92. The highest BCUT2D eigenvalue weighted by atomic mass is 19.3. The van der Waals surface area contributed by atoms with Gasteiger partial charge in [0, 0.05) is 6.54 Å². The molecule has 0 spiro atoms. The average Bonchev–Trinajstić information content (AvgIpc) is 1.83. The van der Waals surface area contributed by atoms with Crippen molar-refractivity contribution in [2.45, 2.75) is 19.3 Å². The van der Waals surface area contributed by atoms with Crippen LogP contribution in [0.25, 0.3) is 0 Å². The molecule has 78 valence electrons. The highest BCUT2D eigenvalue weighted by Gasteiger charge is 2.06. The molecule has 7 heteroatoms. The maximum atomic E-state index is 10.9. The van der Waals surface area contributed by atoms with Crippen LogP contribution in [0.1, 0.15) is 12.8 Å². The van der Waals surface area contributed by atoms with Gasteiger partial charge < -0.3 is 15.9 Å². The Labute approximate surface area is 73.2 Å². The Balaban J connectivity index is 0. The molecule has 0 aliphatic carbocycles. The van der Waals surface area contributed by atoms with E-state index in [-0.39, 0.29) is 13.0 Å². The SMILES string of the molecule is NCCC(=O)O.O=C(O)CC(F)F. The van der Waals surface area contributed by atoms with Crippen LogP contribution in [0.15, 0.2) is 0 Å². The summed E-state index contributed by atoms with van der Waals surface area (Å²) < 4.78 is 21.8. The number of hydrogen-bond donors (Lipinski definition) is 3. The van der Waals surface area contributed by atoms with E-state index in [1.807, 2.05) is 0 Å². The first-order valence-corrected chi connectivity index (χ1v) is 3.32. The minimum Gasteiger partial charge on any atom is -0.481 e. The number of carboxylic acids is 2. The number of rotatable bonds is 4. The van der Waals surface area contributed by atoms with E-state index in [9.17, 15) is 18.4 Å². The van der Waals surface area contributed by atoms with Gasteiger partial charge in [0.2, 0.25) is 6.43 Å². The summed E-state index contributed by atoms with van der Waals surface area (Å²) in [6, 6.07) is 0. The maximum Gasteiger partial charge on any atom is 0.309 e. The van der Waals surface area contributed by atoms with Crippen LogP contribution in [0.4, 0.5) is 8.78 Å². The van der Waals surface area contributed by atoms with E-state index in [0.29, 0.717) is 0 Å². The Hall–Kier alpha value is -1.24. The zero-order valence-electron chi connectivity index (χ0n) is 6.74. The summed E-state index contributed by atoms with van der Waals surface area (Å²) >= 11 is 0. The molecule has 0 aliphatic heterocycles. The van der Waals surface area contributed by atoms with Crippen molar-refractivity contribution in [3.05, 3.63) is 0 Å². The van der Waals surface area contributed by atoms with E-state index >= 15 is 0 Å². The van der Waals surface area contributed by atoms with Crippen molar-refractivity contribution in [3.8, 4) is 0 Å². The molecular formula is C6H11F2NO4. The predicted octanol–water partition coefficient (Wildman–Crippen LogP) is 0.146. The molecule has 0 unspecified atom stereocenters. The van der Waals surface area contributed by atoms with Crippen LogP contribution in [0.3, 0.4) is 0 Å². The molecule has 0 rings (SSSR count). The number of carboxylic acid groups (broad SMARTS) is 2. The van der Waals surface area contributed by atoms with Gasteiger partial charge in [-0.05, 0) is 0 Å². The normalized spacial score (nSPS) is 8.92. The lowest BCUT2D eigenvalue weighted by molar-refractivity contribution is -0.140. The molecular weight excluding hydrogens is 188 g/mol. The monoisotopic (exact) mass is 199 g/mol. The van der Waals surface area contributed by atoms with Crippen molar-refractivity contribution in [2.24, 2.45) is 5.73 Å². The Bertz CT molecular complexity index is 163. The third-order valence-corrected chi connectivity index (χ3v) is 0.687. The summed E-state index contributed by atoms with van der Waals surface area (Å²) in [5.74, 6) is -2.30. The first-order valence-electron chi connectivity index (χ1n) is 3.32. The van der Waals surface area contributed by atoms with Gasteiger partial charge in [-0.1, -0.05) is 0 Å². The van der Waals surface area contributed by atoms with Crippen LogP contribution >= 0.6 is 0 Å². The number of nitrogens with two attached hydrogens (primary N) is 1. The molecule has 0 saturated carbocycles. The number of halogens is 2. The largest absolute Gasteiger partial charge is 0.481 e. The zero-order chi connectivity index (χ0) is 10.9. The number of alkyl halides is 2. The van der Waals surface area contributed by atoms with Gasteiger partial charge in [-0.2, -0.15) is 0 Å². The molecule has 0 saturated heterocycles. The van der Waals surface area contributed by atoms with Crippen LogP contribution in [0.5, 0.6) is 0 Å². The number of hydrogen-bond acceptors (Lipinski definition) is 3. The molecule has 0 heterocycles. The Morgan fingerprint density at radius 2 is 1.69 bits per heavy atom. The second-order valence-electron chi connectivity index (χ2n) is 1.92. The van der Waals surface area contributed by atoms with Gasteiger partial charge in [0.15, 0.2) is 0 Å². The minimum atomic E-state index is -2.72. The van der Waals surface area contributed by atoms with E-state index in [0.717, 1.165) is 0 Å². The lowest BCUT2D eigenvalue weighted by Gasteiger charge is -1.87. The van der Waals surface area contributed by atoms with Crippen LogP contribution in [0.2, 0.25) is 0 Å². The topological polar surface area (TPSA) is 101 Å². The standard InChI is InChI=1S/C3H4F2O2.C3H7NO2/c4-2(5)1-3(6)7;4-2-1-3(5)6/h2H,1H2,(H,6,7);1-2,4H2,(H,5,6). The summed E-state index contributed by atoms with van der Waals surface area (Å²) in [5, 5.41) is 15.4. The minimum absolute atomic E-state index is 0.0694. The van der Waals surface area contributed by atoms with Crippen molar-refractivity contribution in [1.82, 2.24) is 0 Å². The van der Waals surface area contributed by atoms with Crippen molar-refractivity contribution >= 4 is 11.9 Å². The van der Waals surface area contributed by atoms with Crippen LogP contribution < -0.4 is 5.73 Å². The van der Waals surface area contributed by atoms with Crippen molar-refractivity contribution in [2.75, 3.05) is 6.54 Å². The smallest absolute Gasteiger partial charge is 0.309 e. The van der Waals surface area contributed by atoms with E-state index in [4.69, 9.17) is 15.9 Å². The molecule has 0 radical (unpaired) electrons. The highest BCUT2D eigenvalue weighted by Crippen LogP contribution is 1.96. The molecule has 0 atom stereocenters. The highest BCUT2D eigenvalue weighted by molar-refractivity contribution is 5.67. The Kier molecular flexibility index (Phi) is 9.73. The Morgan fingerprint density at radius 3 is 1.69 bits per heavy atom. The third-order valence-electron chi connectivity index (χ3n) is 0.687. The molecule has 0 bridgehead atoms. The number of carbonyl (C=O) groups is 2. The van der Waals surface area contributed by atoms with E-state index < -0.39 is 24.8 Å². The van der Waals surface area contributed by atoms with Crippen molar-refractivity contribution in [1.29, 1.82) is 0 Å². The summed E-state index contributed by atoms with van der Waals surface area (Å²) in [6.45, 7) is 0.231. The molecule has 0 aromatic heterocycles. The van der Waals surface area contributed by atoms with Gasteiger partial charge >= 0.3 is 11.9 Å². The molecule has 0 amide bonds. The quantitative estimate of drug-likeness (QED) is 0.598. The predicted molar refractivity (Wildman–Crippen MR) is 39.6 cm³/mol. The molecule has 13 heavy (non-hydrogen) atoms. The molecule has 0 aromatic carbocycles. The lowest BCUT2D eigenvalue weighted by atomic mass is 10.5. The Morgan fingerprint density at radius 1 is 1.23 bits per heavy atom. The van der Waals surface area contributed by atoms with Crippen LogP contribution in [0, 0.1) is 0 Å². The summed E-state index contributed by atoms with van der Waals surface area (Å²) in [5.41, 5.74) is 4.85. The van der Waals surface area contributed by atoms with Crippen molar-refractivity contribution < 1.29 is 28.6 Å². The fraction of sp³-hybridized carbons (Fsp3) is 0.667. The van der Waals surface area contributed by atoms with Crippen molar-refractivity contribution in [3.63, 3.8) is 0 Å².